The molecule has 188 valence electrons. The van der Waals surface area contributed by atoms with Crippen molar-refractivity contribution in [3.8, 4) is 5.75 Å². The number of rotatable bonds is 13. The summed E-state index contributed by atoms with van der Waals surface area (Å²) in [5.74, 6) is -0.946. The third kappa shape index (κ3) is 9.72. The van der Waals surface area contributed by atoms with Gasteiger partial charge in [0.1, 0.15) is 5.75 Å². The number of carboxylic acid groups (broad SMARTS) is 1. The van der Waals surface area contributed by atoms with Gasteiger partial charge in [-0.3, -0.25) is 4.79 Å². The second-order valence-electron chi connectivity index (χ2n) is 10.3. The molecule has 4 unspecified atom stereocenters. The van der Waals surface area contributed by atoms with Gasteiger partial charge in [0.2, 0.25) is 0 Å². The summed E-state index contributed by atoms with van der Waals surface area (Å²) in [5.41, 5.74) is 8.26. The van der Waals surface area contributed by atoms with E-state index in [1.54, 1.807) is 13.8 Å². The Morgan fingerprint density at radius 1 is 1.12 bits per heavy atom. The van der Waals surface area contributed by atoms with E-state index in [0.717, 1.165) is 11.1 Å². The van der Waals surface area contributed by atoms with Gasteiger partial charge in [0.05, 0.1) is 18.6 Å². The van der Waals surface area contributed by atoms with E-state index in [2.05, 4.69) is 40.7 Å². The lowest BCUT2D eigenvalue weighted by Crippen LogP contribution is -2.39. The molecule has 0 spiro atoms. The van der Waals surface area contributed by atoms with Gasteiger partial charge >= 0.3 is 11.9 Å². The van der Waals surface area contributed by atoms with Crippen molar-refractivity contribution in [2.45, 2.75) is 85.3 Å². The lowest BCUT2D eigenvalue weighted by atomic mass is 9.81. The monoisotopic (exact) mass is 465 g/mol. The van der Waals surface area contributed by atoms with E-state index in [9.17, 15) is 14.7 Å². The number of aliphatic hydroxyl groups is 1. The Morgan fingerprint density at radius 2 is 1.76 bits per heavy atom. The van der Waals surface area contributed by atoms with Crippen LogP contribution in [0.5, 0.6) is 5.75 Å². The van der Waals surface area contributed by atoms with Crippen molar-refractivity contribution < 1.29 is 29.3 Å². The van der Waals surface area contributed by atoms with Crippen molar-refractivity contribution in [3.05, 3.63) is 29.3 Å². The molecule has 0 saturated heterocycles. The predicted molar refractivity (Wildman–Crippen MR) is 129 cm³/mol. The Balaban J connectivity index is 3.06. The highest BCUT2D eigenvalue weighted by atomic mass is 16.6. The molecule has 0 radical (unpaired) electrons. The smallest absolute Gasteiger partial charge is 0.344 e. The van der Waals surface area contributed by atoms with E-state index in [4.69, 9.17) is 20.3 Å². The quantitative estimate of drug-likeness (QED) is 0.378. The van der Waals surface area contributed by atoms with Crippen LogP contribution in [0.2, 0.25) is 0 Å². The maximum Gasteiger partial charge on any atom is 0.344 e. The van der Waals surface area contributed by atoms with Gasteiger partial charge in [-0.25, -0.2) is 4.79 Å². The summed E-state index contributed by atoms with van der Waals surface area (Å²) < 4.78 is 10.9. The summed E-state index contributed by atoms with van der Waals surface area (Å²) in [7, 11) is 0. The highest BCUT2D eigenvalue weighted by Gasteiger charge is 2.27. The minimum Gasteiger partial charge on any atom is -0.482 e. The second kappa shape index (κ2) is 12.9. The zero-order chi connectivity index (χ0) is 25.3. The van der Waals surface area contributed by atoms with E-state index in [-0.39, 0.29) is 30.3 Å². The van der Waals surface area contributed by atoms with Crippen molar-refractivity contribution in [1.82, 2.24) is 0 Å². The summed E-state index contributed by atoms with van der Waals surface area (Å²) in [6.45, 7) is 14.0. The number of carbonyl (C=O) groups excluding carboxylic acids is 1. The molecule has 0 aliphatic heterocycles. The summed E-state index contributed by atoms with van der Waals surface area (Å²) in [4.78, 5) is 23.0. The van der Waals surface area contributed by atoms with Crippen molar-refractivity contribution in [1.29, 1.82) is 0 Å². The first kappa shape index (κ1) is 28.9. The normalized spacial score (nSPS) is 15.6. The molecule has 1 aromatic rings. The average Bonchev–Trinajstić information content (AvgIpc) is 2.71. The largest absolute Gasteiger partial charge is 0.482 e. The van der Waals surface area contributed by atoms with Crippen LogP contribution in [0.3, 0.4) is 0 Å². The van der Waals surface area contributed by atoms with Gasteiger partial charge in [-0.1, -0.05) is 53.7 Å². The molecule has 0 amide bonds. The standard InChI is InChI=1S/C26H43NO6/c1-8-32-24(29)15-33-23-14-20(26(5,6)7)10-9-18(23)12-19(16(2)3)13-21(27)22(28)11-17(4)25(30)31/h9-10,14,16-17,19,21-22,28H,8,11-13,15,27H2,1-7H3,(H,30,31). The van der Waals surface area contributed by atoms with Gasteiger partial charge in [-0.15, -0.1) is 0 Å². The molecule has 1 aromatic carbocycles. The van der Waals surface area contributed by atoms with E-state index in [1.165, 1.54) is 0 Å². The Bertz CT molecular complexity index is 771. The van der Waals surface area contributed by atoms with Crippen LogP contribution in [0, 0.1) is 17.8 Å². The first-order valence-electron chi connectivity index (χ1n) is 11.8. The van der Waals surface area contributed by atoms with Gasteiger partial charge in [0, 0.05) is 6.04 Å². The SMILES string of the molecule is CCOC(=O)COc1cc(C(C)(C)C)ccc1CC(CC(N)C(O)CC(C)C(=O)O)C(C)C. The van der Waals surface area contributed by atoms with Crippen LogP contribution >= 0.6 is 0 Å². The molecule has 33 heavy (non-hydrogen) atoms. The van der Waals surface area contributed by atoms with Crippen LogP contribution in [-0.2, 0) is 26.2 Å². The van der Waals surface area contributed by atoms with Gasteiger partial charge in [0.15, 0.2) is 6.61 Å². The molecule has 7 nitrogen and oxygen atoms in total. The summed E-state index contributed by atoms with van der Waals surface area (Å²) >= 11 is 0. The Morgan fingerprint density at radius 3 is 2.27 bits per heavy atom. The summed E-state index contributed by atoms with van der Waals surface area (Å²) in [6, 6.07) is 5.56. The van der Waals surface area contributed by atoms with Crippen LogP contribution in [0.15, 0.2) is 18.2 Å². The Labute approximate surface area is 198 Å². The summed E-state index contributed by atoms with van der Waals surface area (Å²) in [5, 5.41) is 19.6. The van der Waals surface area contributed by atoms with Gasteiger partial charge in [0.25, 0.3) is 0 Å². The maximum atomic E-state index is 11.9. The van der Waals surface area contributed by atoms with Crippen LogP contribution in [-0.4, -0.2) is 47.5 Å². The van der Waals surface area contributed by atoms with Gasteiger partial charge < -0.3 is 25.4 Å². The minimum absolute atomic E-state index is 0.0781. The molecule has 0 saturated carbocycles. The highest BCUT2D eigenvalue weighted by molar-refractivity contribution is 5.71. The van der Waals surface area contributed by atoms with Crippen LogP contribution in [0.4, 0.5) is 0 Å². The van der Waals surface area contributed by atoms with Crippen LogP contribution in [0.25, 0.3) is 0 Å². The summed E-state index contributed by atoms with van der Waals surface area (Å²) in [6.07, 6.45) is 0.439. The number of benzene rings is 1. The third-order valence-corrected chi connectivity index (χ3v) is 6.09. The maximum absolute atomic E-state index is 11.9. The number of aliphatic hydroxyl groups excluding tert-OH is 1. The number of aliphatic carboxylic acids is 1. The minimum atomic E-state index is -0.941. The molecule has 0 aliphatic carbocycles. The van der Waals surface area contributed by atoms with Crippen LogP contribution < -0.4 is 10.5 Å². The fraction of sp³-hybridized carbons (Fsp3) is 0.692. The number of esters is 1. The van der Waals surface area contributed by atoms with Crippen molar-refractivity contribution in [2.24, 2.45) is 23.5 Å². The Kier molecular flexibility index (Phi) is 11.3. The number of ether oxygens (including phenoxy) is 2. The number of nitrogens with two attached hydrogens (primary N) is 1. The molecule has 0 aliphatic rings. The first-order chi connectivity index (χ1) is 15.3. The Hall–Kier alpha value is -2.12. The van der Waals surface area contributed by atoms with Crippen molar-refractivity contribution >= 4 is 11.9 Å². The highest BCUT2D eigenvalue weighted by Crippen LogP contribution is 2.32. The second-order valence-corrected chi connectivity index (χ2v) is 10.3. The molecule has 4 atom stereocenters. The molecule has 1 rings (SSSR count). The molecule has 0 bridgehead atoms. The van der Waals surface area contributed by atoms with Crippen molar-refractivity contribution in [3.63, 3.8) is 0 Å². The number of carbonyl (C=O) groups is 2. The van der Waals surface area contributed by atoms with E-state index in [0.29, 0.717) is 25.2 Å². The average molecular weight is 466 g/mol. The van der Waals surface area contributed by atoms with Gasteiger partial charge in [-0.05, 0) is 60.6 Å². The lowest BCUT2D eigenvalue weighted by molar-refractivity contribution is -0.145. The van der Waals surface area contributed by atoms with E-state index in [1.807, 2.05) is 12.1 Å². The fourth-order valence-corrected chi connectivity index (χ4v) is 3.68. The molecule has 0 fully saturated rings. The fourth-order valence-electron chi connectivity index (χ4n) is 3.68. The zero-order valence-electron chi connectivity index (χ0n) is 21.3. The number of hydrogen-bond donors (Lipinski definition) is 3. The molecule has 0 aromatic heterocycles. The van der Waals surface area contributed by atoms with Crippen molar-refractivity contribution in [2.75, 3.05) is 13.2 Å². The number of carboxylic acids is 1. The van der Waals surface area contributed by atoms with Crippen LogP contribution in [0.1, 0.15) is 72.4 Å². The molecule has 7 heteroatoms. The molecular formula is C26H43NO6. The molecule has 0 heterocycles. The van der Waals surface area contributed by atoms with E-state index < -0.39 is 30.0 Å². The lowest BCUT2D eigenvalue weighted by Gasteiger charge is -2.29. The molecule has 4 N–H and O–H groups in total. The molecular weight excluding hydrogens is 422 g/mol. The number of hydrogen-bond acceptors (Lipinski definition) is 6. The zero-order valence-corrected chi connectivity index (χ0v) is 21.3. The topological polar surface area (TPSA) is 119 Å². The first-order valence-corrected chi connectivity index (χ1v) is 11.8. The predicted octanol–water partition coefficient (Wildman–Crippen LogP) is 3.93. The van der Waals surface area contributed by atoms with E-state index >= 15 is 0 Å². The third-order valence-electron chi connectivity index (χ3n) is 6.09. The van der Waals surface area contributed by atoms with Gasteiger partial charge in [-0.2, -0.15) is 0 Å².